The molecule has 2 aromatic rings. The van der Waals surface area contributed by atoms with Crippen molar-refractivity contribution < 1.29 is 19.8 Å². The van der Waals surface area contributed by atoms with Gasteiger partial charge in [-0.05, 0) is 49.1 Å². The van der Waals surface area contributed by atoms with Crippen LogP contribution in [0.2, 0.25) is 0 Å². The Morgan fingerprint density at radius 3 is 2.68 bits per heavy atom. The lowest BCUT2D eigenvalue weighted by Crippen LogP contribution is -2.52. The Kier molecular flexibility index (Phi) is 6.01. The molecule has 0 radical (unpaired) electrons. The Morgan fingerprint density at radius 2 is 1.97 bits per heavy atom. The molecule has 1 aromatic carbocycles. The van der Waals surface area contributed by atoms with Gasteiger partial charge in [0.1, 0.15) is 0 Å². The van der Waals surface area contributed by atoms with Crippen LogP contribution in [0.4, 0.5) is 0 Å². The molecular weight excluding hydrogens is 396 g/mol. The molecule has 31 heavy (non-hydrogen) atoms. The average molecular weight is 422 g/mol. The average Bonchev–Trinajstić information content (AvgIpc) is 3.48. The van der Waals surface area contributed by atoms with Gasteiger partial charge in [-0.2, -0.15) is 5.10 Å². The van der Waals surface area contributed by atoms with Gasteiger partial charge >= 0.3 is 0 Å². The van der Waals surface area contributed by atoms with Gasteiger partial charge in [0, 0.05) is 18.9 Å². The lowest BCUT2D eigenvalue weighted by atomic mass is 9.99. The van der Waals surface area contributed by atoms with Crippen LogP contribution in [0.5, 0.6) is 0 Å². The summed E-state index contributed by atoms with van der Waals surface area (Å²) in [6.07, 6.45) is 7.20. The molecule has 0 saturated carbocycles. The van der Waals surface area contributed by atoms with Gasteiger partial charge in [-0.15, -0.1) is 0 Å². The van der Waals surface area contributed by atoms with Crippen LogP contribution in [0.25, 0.3) is 5.69 Å². The van der Waals surface area contributed by atoms with E-state index in [0.29, 0.717) is 13.0 Å². The van der Waals surface area contributed by atoms with Gasteiger partial charge < -0.3 is 20.4 Å². The molecule has 1 saturated heterocycles. The Balaban J connectivity index is 1.35. The third-order valence-corrected chi connectivity index (χ3v) is 5.88. The number of likely N-dealkylation sites (tertiary alicyclic amines) is 1. The maximum atomic E-state index is 12.7. The summed E-state index contributed by atoms with van der Waals surface area (Å²) in [4.78, 5) is 26.8. The smallest absolute Gasteiger partial charge is 0.255 e. The van der Waals surface area contributed by atoms with E-state index in [4.69, 9.17) is 0 Å². The van der Waals surface area contributed by atoms with Crippen molar-refractivity contribution in [2.24, 2.45) is 0 Å². The van der Waals surface area contributed by atoms with Crippen LogP contribution >= 0.6 is 0 Å². The monoisotopic (exact) mass is 422 g/mol. The standard InChI is InChI=1S/C23H26N4O4/c1-15(16-7-9-18(10-8-16)27-13-4-12-24-27)25-22(30)20(28)21(29)23(31)26-14-11-17-5-2-3-6-19(17)26/h2-5,7-10,12-13,15,19-21,28-29H,6,11,14H2,1H3,(H,25,30)/t15-,19?,20-,21-/m1/s1. The fraction of sp³-hybridized carbons (Fsp3) is 0.348. The molecule has 1 aliphatic carbocycles. The van der Waals surface area contributed by atoms with Gasteiger partial charge in [0.15, 0.2) is 12.2 Å². The van der Waals surface area contributed by atoms with Crippen molar-refractivity contribution in [3.05, 3.63) is 72.1 Å². The van der Waals surface area contributed by atoms with Crippen LogP contribution in [0.1, 0.15) is 31.4 Å². The molecular formula is C23H26N4O4. The highest BCUT2D eigenvalue weighted by atomic mass is 16.3. The molecule has 1 fully saturated rings. The highest BCUT2D eigenvalue weighted by Crippen LogP contribution is 2.30. The van der Waals surface area contributed by atoms with E-state index >= 15 is 0 Å². The van der Waals surface area contributed by atoms with Crippen molar-refractivity contribution in [3.8, 4) is 5.69 Å². The second-order valence-electron chi connectivity index (χ2n) is 7.86. The van der Waals surface area contributed by atoms with Crippen molar-refractivity contribution in [2.75, 3.05) is 6.54 Å². The quantitative estimate of drug-likeness (QED) is 0.650. The SMILES string of the molecule is C[C@@H](NC(=O)[C@H](O)[C@@H](O)C(=O)N1CCC2=CC=CCC21)c1ccc(-n2cccn2)cc1. The number of carbonyl (C=O) groups excluding carboxylic acids is 2. The second kappa shape index (κ2) is 8.87. The summed E-state index contributed by atoms with van der Waals surface area (Å²) in [5.74, 6) is -1.41. The Bertz CT molecular complexity index is 997. The first kappa shape index (κ1) is 21.0. The summed E-state index contributed by atoms with van der Waals surface area (Å²) in [7, 11) is 0. The van der Waals surface area contributed by atoms with Crippen molar-refractivity contribution >= 4 is 11.8 Å². The van der Waals surface area contributed by atoms with Gasteiger partial charge in [-0.25, -0.2) is 4.68 Å². The molecule has 2 heterocycles. The number of benzene rings is 1. The number of hydrogen-bond donors (Lipinski definition) is 3. The lowest BCUT2D eigenvalue weighted by Gasteiger charge is -2.29. The summed E-state index contributed by atoms with van der Waals surface area (Å²) < 4.78 is 1.72. The molecule has 0 bridgehead atoms. The third kappa shape index (κ3) is 4.30. The van der Waals surface area contributed by atoms with E-state index < -0.39 is 30.1 Å². The minimum atomic E-state index is -1.84. The zero-order valence-corrected chi connectivity index (χ0v) is 17.3. The van der Waals surface area contributed by atoms with Crippen LogP contribution < -0.4 is 5.32 Å². The first-order chi connectivity index (χ1) is 15.0. The van der Waals surface area contributed by atoms with E-state index in [1.54, 1.807) is 22.7 Å². The Labute approximate surface area is 180 Å². The number of amides is 2. The predicted octanol–water partition coefficient (Wildman–Crippen LogP) is 1.26. The van der Waals surface area contributed by atoms with Gasteiger partial charge in [-0.3, -0.25) is 9.59 Å². The number of fused-ring (bicyclic) bond motifs is 1. The summed E-state index contributed by atoms with van der Waals surface area (Å²) in [5.41, 5.74) is 2.83. The molecule has 4 atom stereocenters. The van der Waals surface area contributed by atoms with E-state index in [1.165, 1.54) is 0 Å². The number of aromatic nitrogens is 2. The van der Waals surface area contributed by atoms with Crippen LogP contribution in [-0.2, 0) is 9.59 Å². The number of hydrogen-bond acceptors (Lipinski definition) is 5. The van der Waals surface area contributed by atoms with Crippen LogP contribution in [-0.4, -0.2) is 61.5 Å². The third-order valence-electron chi connectivity index (χ3n) is 5.88. The van der Waals surface area contributed by atoms with Gasteiger partial charge in [0.2, 0.25) is 0 Å². The molecule has 1 unspecified atom stereocenters. The van der Waals surface area contributed by atoms with Crippen molar-refractivity contribution in [3.63, 3.8) is 0 Å². The Hall–Kier alpha value is -3.23. The molecule has 0 spiro atoms. The van der Waals surface area contributed by atoms with Crippen molar-refractivity contribution in [1.82, 2.24) is 20.0 Å². The largest absolute Gasteiger partial charge is 0.380 e. The second-order valence-corrected chi connectivity index (χ2v) is 7.86. The molecule has 1 aromatic heterocycles. The molecule has 8 nitrogen and oxygen atoms in total. The summed E-state index contributed by atoms with van der Waals surface area (Å²) in [6.45, 7) is 2.25. The van der Waals surface area contributed by atoms with Crippen molar-refractivity contribution in [2.45, 2.75) is 44.1 Å². The highest BCUT2D eigenvalue weighted by Gasteiger charge is 2.39. The predicted molar refractivity (Wildman–Crippen MR) is 114 cm³/mol. The molecule has 8 heteroatoms. The van der Waals surface area contributed by atoms with Gasteiger partial charge in [0.25, 0.3) is 11.8 Å². The molecule has 2 amide bonds. The number of carbonyl (C=O) groups is 2. The minimum absolute atomic E-state index is 0.102. The number of aliphatic hydroxyl groups excluding tert-OH is 2. The minimum Gasteiger partial charge on any atom is -0.380 e. The molecule has 4 rings (SSSR count). The Morgan fingerprint density at radius 1 is 1.19 bits per heavy atom. The zero-order valence-electron chi connectivity index (χ0n) is 17.3. The maximum Gasteiger partial charge on any atom is 0.255 e. The van der Waals surface area contributed by atoms with Crippen LogP contribution in [0.3, 0.4) is 0 Å². The topological polar surface area (TPSA) is 108 Å². The van der Waals surface area contributed by atoms with Crippen LogP contribution in [0, 0.1) is 0 Å². The number of nitrogens with zero attached hydrogens (tertiary/aromatic N) is 3. The normalized spacial score (nSPS) is 20.5. The van der Waals surface area contributed by atoms with Gasteiger partial charge in [-0.1, -0.05) is 30.4 Å². The summed E-state index contributed by atoms with van der Waals surface area (Å²) in [5, 5.41) is 27.5. The number of allylic oxidation sites excluding steroid dienone is 2. The number of aliphatic hydroxyl groups is 2. The van der Waals surface area contributed by atoms with E-state index in [-0.39, 0.29) is 6.04 Å². The molecule has 3 N–H and O–H groups in total. The molecule has 2 aliphatic rings. The fourth-order valence-corrected chi connectivity index (χ4v) is 4.08. The highest BCUT2D eigenvalue weighted by molar-refractivity contribution is 5.91. The van der Waals surface area contributed by atoms with E-state index in [0.717, 1.165) is 23.2 Å². The molecule has 1 aliphatic heterocycles. The van der Waals surface area contributed by atoms with Crippen LogP contribution in [0.15, 0.2) is 66.5 Å². The molecule has 162 valence electrons. The fourth-order valence-electron chi connectivity index (χ4n) is 4.08. The van der Waals surface area contributed by atoms with Gasteiger partial charge in [0.05, 0.1) is 17.8 Å². The van der Waals surface area contributed by atoms with E-state index in [1.807, 2.05) is 54.8 Å². The zero-order chi connectivity index (χ0) is 22.0. The number of nitrogens with one attached hydrogen (secondary N) is 1. The summed E-state index contributed by atoms with van der Waals surface area (Å²) in [6, 6.07) is 8.76. The summed E-state index contributed by atoms with van der Waals surface area (Å²) >= 11 is 0. The maximum absolute atomic E-state index is 12.7. The first-order valence-corrected chi connectivity index (χ1v) is 10.4. The number of rotatable bonds is 6. The lowest BCUT2D eigenvalue weighted by molar-refractivity contribution is -0.153. The van der Waals surface area contributed by atoms with E-state index in [2.05, 4.69) is 10.4 Å². The van der Waals surface area contributed by atoms with Crippen molar-refractivity contribution in [1.29, 1.82) is 0 Å². The first-order valence-electron chi connectivity index (χ1n) is 10.4. The van der Waals surface area contributed by atoms with E-state index in [9.17, 15) is 19.8 Å².